The normalized spacial score (nSPS) is 11.4. The van der Waals surface area contributed by atoms with Crippen molar-refractivity contribution in [1.82, 2.24) is 0 Å². The van der Waals surface area contributed by atoms with E-state index in [0.717, 1.165) is 11.1 Å². The highest BCUT2D eigenvalue weighted by atomic mass is 32.2. The van der Waals surface area contributed by atoms with Crippen molar-refractivity contribution in [2.45, 2.75) is 38.0 Å². The molecule has 0 radical (unpaired) electrons. The van der Waals surface area contributed by atoms with Gasteiger partial charge in [-0.1, -0.05) is 74.6 Å². The minimum atomic E-state index is -3.68. The molecule has 0 unspecified atom stereocenters. The van der Waals surface area contributed by atoms with E-state index >= 15 is 0 Å². The highest BCUT2D eigenvalue weighted by Crippen LogP contribution is 2.22. The molecule has 0 aliphatic rings. The average Bonchev–Trinajstić information content (AvgIpc) is 2.67. The second-order valence-corrected chi connectivity index (χ2v) is 9.72. The third kappa shape index (κ3) is 5.28. The van der Waals surface area contributed by atoms with E-state index in [4.69, 9.17) is 0 Å². The summed E-state index contributed by atoms with van der Waals surface area (Å²) < 4.78 is 28.1. The van der Waals surface area contributed by atoms with Crippen LogP contribution in [0.5, 0.6) is 0 Å². The van der Waals surface area contributed by atoms with Crippen molar-refractivity contribution in [2.75, 3.05) is 4.72 Å². The topological polar surface area (TPSA) is 46.2 Å². The van der Waals surface area contributed by atoms with Crippen LogP contribution in [0, 0.1) is 18.8 Å². The Labute approximate surface area is 173 Å². The molecule has 0 aromatic heterocycles. The highest BCUT2D eigenvalue weighted by molar-refractivity contribution is 7.92. The molecule has 0 saturated carbocycles. The van der Waals surface area contributed by atoms with E-state index in [1.54, 1.807) is 36.4 Å². The van der Waals surface area contributed by atoms with Gasteiger partial charge in [0, 0.05) is 11.1 Å². The number of para-hydroxylation sites is 1. The summed E-state index contributed by atoms with van der Waals surface area (Å²) in [5, 5.41) is 0. The molecule has 148 valence electrons. The fraction of sp³-hybridized carbons (Fsp3) is 0.200. The van der Waals surface area contributed by atoms with Gasteiger partial charge < -0.3 is 0 Å². The van der Waals surface area contributed by atoms with Gasteiger partial charge in [-0.15, -0.1) is 0 Å². The molecule has 0 fully saturated rings. The maximum absolute atomic E-state index is 12.7. The van der Waals surface area contributed by atoms with E-state index in [1.807, 2.05) is 31.2 Å². The van der Waals surface area contributed by atoms with Gasteiger partial charge in [0.2, 0.25) is 0 Å². The number of sulfonamides is 1. The molecule has 3 aromatic carbocycles. The lowest BCUT2D eigenvalue weighted by Gasteiger charge is -2.18. The van der Waals surface area contributed by atoms with E-state index in [9.17, 15) is 8.42 Å². The summed E-state index contributed by atoms with van der Waals surface area (Å²) in [5.41, 5.74) is 4.32. The molecule has 4 heteroatoms. The van der Waals surface area contributed by atoms with Crippen LogP contribution in [0.1, 0.15) is 43.0 Å². The molecule has 0 aliphatic heterocycles. The van der Waals surface area contributed by atoms with Gasteiger partial charge in [-0.25, -0.2) is 8.42 Å². The van der Waals surface area contributed by atoms with Gasteiger partial charge >= 0.3 is 0 Å². The molecule has 0 bridgehead atoms. The summed E-state index contributed by atoms with van der Waals surface area (Å²) in [6, 6.07) is 22.1. The van der Waals surface area contributed by atoms with Crippen molar-refractivity contribution in [3.8, 4) is 11.8 Å². The molecular weight excluding hydrogens is 378 g/mol. The largest absolute Gasteiger partial charge is 0.278 e. The van der Waals surface area contributed by atoms with Crippen molar-refractivity contribution in [2.24, 2.45) is 0 Å². The predicted molar refractivity (Wildman–Crippen MR) is 120 cm³/mol. The lowest BCUT2D eigenvalue weighted by Crippen LogP contribution is -2.13. The number of hydrogen-bond donors (Lipinski definition) is 1. The monoisotopic (exact) mass is 403 g/mol. The smallest absolute Gasteiger partial charge is 0.261 e. The van der Waals surface area contributed by atoms with Gasteiger partial charge in [-0.3, -0.25) is 4.72 Å². The van der Waals surface area contributed by atoms with Crippen LogP contribution in [0.15, 0.2) is 77.7 Å². The second-order valence-electron chi connectivity index (χ2n) is 8.04. The maximum atomic E-state index is 12.7. The van der Waals surface area contributed by atoms with Crippen molar-refractivity contribution in [3.63, 3.8) is 0 Å². The first-order valence-electron chi connectivity index (χ1n) is 9.46. The number of hydrogen-bond acceptors (Lipinski definition) is 2. The summed E-state index contributed by atoms with van der Waals surface area (Å²) in [5.74, 6) is 6.22. The zero-order valence-corrected chi connectivity index (χ0v) is 18.0. The molecule has 3 rings (SSSR count). The highest BCUT2D eigenvalue weighted by Gasteiger charge is 2.15. The van der Waals surface area contributed by atoms with E-state index in [0.29, 0.717) is 11.3 Å². The molecule has 1 N–H and O–H groups in total. The molecule has 0 atom stereocenters. The third-order valence-electron chi connectivity index (χ3n) is 4.60. The van der Waals surface area contributed by atoms with Crippen molar-refractivity contribution < 1.29 is 8.42 Å². The zero-order valence-electron chi connectivity index (χ0n) is 17.2. The molecular formula is C25H25NO2S. The molecule has 0 spiro atoms. The molecule has 0 aliphatic carbocycles. The van der Waals surface area contributed by atoms with E-state index in [1.165, 1.54) is 5.56 Å². The van der Waals surface area contributed by atoms with Crippen LogP contribution in [-0.4, -0.2) is 8.42 Å². The van der Waals surface area contributed by atoms with Gasteiger partial charge in [0.15, 0.2) is 0 Å². The Hall–Kier alpha value is -3.03. The quantitative estimate of drug-likeness (QED) is 0.588. The predicted octanol–water partition coefficient (Wildman–Crippen LogP) is 5.49. The fourth-order valence-electron chi connectivity index (χ4n) is 2.80. The standard InChI is InChI=1S/C25H25NO2S/c1-19-9-17-23(18-10-19)29(27,28)26-24-8-6-5-7-21(24)14-11-20-12-15-22(16-13-20)25(2,3)4/h5-10,12-13,15-18,26H,1-4H3. The van der Waals surface area contributed by atoms with E-state index in [-0.39, 0.29) is 10.3 Å². The van der Waals surface area contributed by atoms with E-state index in [2.05, 4.69) is 49.5 Å². The summed E-state index contributed by atoms with van der Waals surface area (Å²) in [6.45, 7) is 8.43. The first-order chi connectivity index (χ1) is 13.6. The van der Waals surface area contributed by atoms with E-state index < -0.39 is 10.0 Å². The Morgan fingerprint density at radius 1 is 0.793 bits per heavy atom. The first-order valence-corrected chi connectivity index (χ1v) is 10.9. The van der Waals surface area contributed by atoms with Crippen LogP contribution < -0.4 is 4.72 Å². The van der Waals surface area contributed by atoms with Gasteiger partial charge in [-0.05, 0) is 54.3 Å². The fourth-order valence-corrected chi connectivity index (χ4v) is 3.88. The van der Waals surface area contributed by atoms with Crippen LogP contribution >= 0.6 is 0 Å². The van der Waals surface area contributed by atoms with Gasteiger partial charge in [0.05, 0.1) is 10.6 Å². The Balaban J connectivity index is 1.87. The Morgan fingerprint density at radius 2 is 1.41 bits per heavy atom. The number of nitrogens with one attached hydrogen (secondary N) is 1. The third-order valence-corrected chi connectivity index (χ3v) is 5.98. The number of rotatable bonds is 3. The summed E-state index contributed by atoms with van der Waals surface area (Å²) in [7, 11) is -3.68. The number of benzene rings is 3. The minimum Gasteiger partial charge on any atom is -0.278 e. The van der Waals surface area contributed by atoms with Crippen LogP contribution in [-0.2, 0) is 15.4 Å². The summed E-state index contributed by atoms with van der Waals surface area (Å²) >= 11 is 0. The lowest BCUT2D eigenvalue weighted by molar-refractivity contribution is 0.590. The molecule has 3 nitrogen and oxygen atoms in total. The van der Waals surface area contributed by atoms with Gasteiger partial charge in [0.1, 0.15) is 0 Å². The lowest BCUT2D eigenvalue weighted by atomic mass is 9.87. The Kier molecular flexibility index (Phi) is 5.81. The number of anilines is 1. The minimum absolute atomic E-state index is 0.0901. The second kappa shape index (κ2) is 8.14. The first kappa shape index (κ1) is 20.7. The van der Waals surface area contributed by atoms with Crippen molar-refractivity contribution in [3.05, 3.63) is 95.1 Å². The maximum Gasteiger partial charge on any atom is 0.261 e. The van der Waals surface area contributed by atoms with Crippen LogP contribution in [0.25, 0.3) is 0 Å². The van der Waals surface area contributed by atoms with Crippen LogP contribution in [0.2, 0.25) is 0 Å². The van der Waals surface area contributed by atoms with Crippen molar-refractivity contribution in [1.29, 1.82) is 0 Å². The molecule has 29 heavy (non-hydrogen) atoms. The number of aryl methyl sites for hydroxylation is 1. The van der Waals surface area contributed by atoms with Gasteiger partial charge in [-0.2, -0.15) is 0 Å². The van der Waals surface area contributed by atoms with Gasteiger partial charge in [0.25, 0.3) is 10.0 Å². The summed E-state index contributed by atoms with van der Waals surface area (Å²) in [4.78, 5) is 0.226. The Morgan fingerprint density at radius 3 is 2.03 bits per heavy atom. The Bertz CT molecular complexity index is 1160. The van der Waals surface area contributed by atoms with Crippen molar-refractivity contribution >= 4 is 15.7 Å². The van der Waals surface area contributed by atoms with Crippen LogP contribution in [0.4, 0.5) is 5.69 Å². The zero-order chi connectivity index (χ0) is 21.1. The van der Waals surface area contributed by atoms with Crippen LogP contribution in [0.3, 0.4) is 0 Å². The molecule has 0 saturated heterocycles. The SMILES string of the molecule is Cc1ccc(S(=O)(=O)Nc2ccccc2C#Cc2ccc(C(C)(C)C)cc2)cc1. The molecule has 3 aromatic rings. The molecule has 0 amide bonds. The average molecular weight is 404 g/mol. The molecule has 0 heterocycles. The summed E-state index contributed by atoms with van der Waals surface area (Å²) in [6.07, 6.45) is 0.